The quantitative estimate of drug-likeness (QED) is 0.902. The van der Waals surface area contributed by atoms with Crippen LogP contribution >= 0.6 is 0 Å². The number of nitrogens with one attached hydrogen (secondary N) is 1. The van der Waals surface area contributed by atoms with E-state index >= 15 is 0 Å². The summed E-state index contributed by atoms with van der Waals surface area (Å²) in [6.07, 6.45) is 0.747. The van der Waals surface area contributed by atoms with Crippen molar-refractivity contribution in [1.29, 1.82) is 0 Å². The Morgan fingerprint density at radius 3 is 2.67 bits per heavy atom. The lowest BCUT2D eigenvalue weighted by molar-refractivity contribution is 0.628. The highest BCUT2D eigenvalue weighted by Crippen LogP contribution is 2.24. The first-order valence-corrected chi connectivity index (χ1v) is 5.96. The summed E-state index contributed by atoms with van der Waals surface area (Å²) in [4.78, 5) is 8.79. The van der Waals surface area contributed by atoms with E-state index in [0.717, 1.165) is 34.9 Å². The molecule has 2 aromatic rings. The molecule has 1 aromatic heterocycles. The van der Waals surface area contributed by atoms with Crippen molar-refractivity contribution in [3.05, 3.63) is 41.5 Å². The van der Waals surface area contributed by atoms with Gasteiger partial charge in [-0.2, -0.15) is 0 Å². The van der Waals surface area contributed by atoms with Crippen molar-refractivity contribution in [3.8, 4) is 11.3 Å². The molecule has 1 heterocycles. The second-order valence-electron chi connectivity index (χ2n) is 4.12. The number of aryl methyl sites for hydroxylation is 2. The zero-order valence-corrected chi connectivity index (χ0v) is 10.8. The Bertz CT molecular complexity index is 545. The third-order valence-corrected chi connectivity index (χ3v) is 2.82. The van der Waals surface area contributed by atoms with E-state index in [1.165, 1.54) is 12.1 Å². The van der Waals surface area contributed by atoms with Crippen molar-refractivity contribution in [2.24, 2.45) is 0 Å². The van der Waals surface area contributed by atoms with Crippen LogP contribution in [0.2, 0.25) is 0 Å². The van der Waals surface area contributed by atoms with E-state index in [9.17, 15) is 4.39 Å². The first-order chi connectivity index (χ1) is 8.63. The van der Waals surface area contributed by atoms with Gasteiger partial charge in [0, 0.05) is 25.1 Å². The average Bonchev–Trinajstić information content (AvgIpc) is 2.40. The van der Waals surface area contributed by atoms with Crippen LogP contribution < -0.4 is 5.32 Å². The van der Waals surface area contributed by atoms with Gasteiger partial charge in [0.1, 0.15) is 17.5 Å². The Balaban J connectivity index is 2.58. The fraction of sp³-hybridized carbons (Fsp3) is 0.286. The molecule has 0 saturated heterocycles. The van der Waals surface area contributed by atoms with Gasteiger partial charge in [0.05, 0.1) is 5.69 Å². The van der Waals surface area contributed by atoms with Crippen LogP contribution in [-0.2, 0) is 6.42 Å². The molecule has 0 radical (unpaired) electrons. The van der Waals surface area contributed by atoms with Crippen molar-refractivity contribution < 1.29 is 4.39 Å². The summed E-state index contributed by atoms with van der Waals surface area (Å²) in [5, 5.41) is 3.00. The van der Waals surface area contributed by atoms with E-state index in [-0.39, 0.29) is 5.82 Å². The van der Waals surface area contributed by atoms with Gasteiger partial charge in [-0.05, 0) is 24.6 Å². The number of halogens is 1. The number of aromatic nitrogens is 2. The molecule has 18 heavy (non-hydrogen) atoms. The first-order valence-electron chi connectivity index (χ1n) is 5.96. The maximum atomic E-state index is 13.3. The van der Waals surface area contributed by atoms with Gasteiger partial charge < -0.3 is 5.32 Å². The summed E-state index contributed by atoms with van der Waals surface area (Å²) < 4.78 is 13.3. The summed E-state index contributed by atoms with van der Waals surface area (Å²) in [6, 6.07) is 6.56. The van der Waals surface area contributed by atoms with Crippen LogP contribution in [0.1, 0.15) is 18.3 Å². The molecule has 0 aliphatic rings. The Labute approximate surface area is 106 Å². The van der Waals surface area contributed by atoms with Crippen molar-refractivity contribution in [3.63, 3.8) is 0 Å². The fourth-order valence-electron chi connectivity index (χ4n) is 1.79. The molecule has 0 amide bonds. The van der Waals surface area contributed by atoms with Gasteiger partial charge in [-0.1, -0.05) is 13.0 Å². The molecule has 2 rings (SSSR count). The third-order valence-electron chi connectivity index (χ3n) is 2.82. The lowest BCUT2D eigenvalue weighted by Crippen LogP contribution is -2.01. The van der Waals surface area contributed by atoms with Gasteiger partial charge in [0.15, 0.2) is 0 Å². The predicted molar refractivity (Wildman–Crippen MR) is 71.1 cm³/mol. The van der Waals surface area contributed by atoms with Crippen molar-refractivity contribution in [1.82, 2.24) is 9.97 Å². The maximum absolute atomic E-state index is 13.3. The zero-order chi connectivity index (χ0) is 13.1. The minimum atomic E-state index is -0.252. The zero-order valence-electron chi connectivity index (χ0n) is 10.8. The van der Waals surface area contributed by atoms with Crippen LogP contribution in [0, 0.1) is 12.7 Å². The van der Waals surface area contributed by atoms with Crippen molar-refractivity contribution in [2.75, 3.05) is 12.4 Å². The van der Waals surface area contributed by atoms with Crippen LogP contribution in [0.4, 0.5) is 10.2 Å². The molecule has 0 aliphatic carbocycles. The summed E-state index contributed by atoms with van der Waals surface area (Å²) in [7, 11) is 1.81. The number of benzene rings is 1. The van der Waals surface area contributed by atoms with Crippen LogP contribution in [-0.4, -0.2) is 17.0 Å². The van der Waals surface area contributed by atoms with E-state index in [1.54, 1.807) is 6.07 Å². The van der Waals surface area contributed by atoms with Crippen molar-refractivity contribution in [2.45, 2.75) is 20.3 Å². The standard InChI is InChI=1S/C14H16FN3/c1-4-13-17-12(8-14(16-3)18-13)11-7-10(15)6-5-9(11)2/h5-8H,4H2,1-3H3,(H,16,17,18). The Kier molecular flexibility index (Phi) is 3.55. The highest BCUT2D eigenvalue weighted by molar-refractivity contribution is 5.66. The molecule has 0 saturated carbocycles. The van der Waals surface area contributed by atoms with Gasteiger partial charge >= 0.3 is 0 Å². The minimum Gasteiger partial charge on any atom is -0.373 e. The average molecular weight is 245 g/mol. The molecule has 3 nitrogen and oxygen atoms in total. The molecule has 0 unspecified atom stereocenters. The van der Waals surface area contributed by atoms with Gasteiger partial charge in [-0.15, -0.1) is 0 Å². The molecule has 0 fully saturated rings. The predicted octanol–water partition coefficient (Wildman–Crippen LogP) is 3.20. The van der Waals surface area contributed by atoms with Crippen molar-refractivity contribution >= 4 is 5.82 Å². The van der Waals surface area contributed by atoms with E-state index in [2.05, 4.69) is 15.3 Å². The second-order valence-corrected chi connectivity index (χ2v) is 4.12. The number of hydrogen-bond acceptors (Lipinski definition) is 3. The second kappa shape index (κ2) is 5.12. The molecule has 0 aliphatic heterocycles. The molecular weight excluding hydrogens is 229 g/mol. The molecule has 4 heteroatoms. The van der Waals surface area contributed by atoms with Crippen LogP contribution in [0.5, 0.6) is 0 Å². The summed E-state index contributed by atoms with van der Waals surface area (Å²) in [5.41, 5.74) is 2.56. The topological polar surface area (TPSA) is 37.8 Å². The Morgan fingerprint density at radius 1 is 1.22 bits per heavy atom. The molecule has 0 bridgehead atoms. The summed E-state index contributed by atoms with van der Waals surface area (Å²) in [5.74, 6) is 1.25. The van der Waals surface area contributed by atoms with E-state index in [4.69, 9.17) is 0 Å². The number of rotatable bonds is 3. The van der Waals surface area contributed by atoms with Gasteiger partial charge in [0.25, 0.3) is 0 Å². The number of hydrogen-bond donors (Lipinski definition) is 1. The summed E-state index contributed by atoms with van der Waals surface area (Å²) >= 11 is 0. The van der Waals surface area contributed by atoms with Crippen LogP contribution in [0.3, 0.4) is 0 Å². The van der Waals surface area contributed by atoms with Gasteiger partial charge in [-0.3, -0.25) is 0 Å². The molecule has 0 atom stereocenters. The largest absolute Gasteiger partial charge is 0.373 e. The molecule has 0 spiro atoms. The third kappa shape index (κ3) is 2.47. The summed E-state index contributed by atoms with van der Waals surface area (Å²) in [6.45, 7) is 3.94. The monoisotopic (exact) mass is 245 g/mol. The highest BCUT2D eigenvalue weighted by atomic mass is 19.1. The Hall–Kier alpha value is -1.97. The van der Waals surface area contributed by atoms with E-state index in [1.807, 2.05) is 27.0 Å². The maximum Gasteiger partial charge on any atom is 0.131 e. The fourth-order valence-corrected chi connectivity index (χ4v) is 1.79. The van der Waals surface area contributed by atoms with Gasteiger partial charge in [-0.25, -0.2) is 14.4 Å². The smallest absolute Gasteiger partial charge is 0.131 e. The molecule has 94 valence electrons. The first kappa shape index (κ1) is 12.5. The lowest BCUT2D eigenvalue weighted by Gasteiger charge is -2.09. The molecule has 1 aromatic carbocycles. The molecule has 1 N–H and O–H groups in total. The van der Waals surface area contributed by atoms with E-state index in [0.29, 0.717) is 0 Å². The van der Waals surface area contributed by atoms with Crippen LogP contribution in [0.15, 0.2) is 24.3 Å². The normalized spacial score (nSPS) is 10.4. The SMILES string of the molecule is CCc1nc(NC)cc(-c2cc(F)ccc2C)n1. The number of anilines is 1. The lowest BCUT2D eigenvalue weighted by atomic mass is 10.1. The van der Waals surface area contributed by atoms with Gasteiger partial charge in [0.2, 0.25) is 0 Å². The number of nitrogens with zero attached hydrogens (tertiary/aromatic N) is 2. The molecular formula is C14H16FN3. The van der Waals surface area contributed by atoms with E-state index < -0.39 is 0 Å². The highest BCUT2D eigenvalue weighted by Gasteiger charge is 2.08. The minimum absolute atomic E-state index is 0.252. The Morgan fingerprint density at radius 2 is 2.00 bits per heavy atom. The van der Waals surface area contributed by atoms with Crippen LogP contribution in [0.25, 0.3) is 11.3 Å².